The van der Waals surface area contributed by atoms with Crippen LogP contribution in [0.3, 0.4) is 0 Å². The Morgan fingerprint density at radius 3 is 2.10 bits per heavy atom. The first-order valence-corrected chi connectivity index (χ1v) is 5.11. The minimum atomic E-state index is -0.766. The fraction of sp³-hybridized carbons (Fsp3) is 0.462. The largest absolute Gasteiger partial charge is 0.394 e. The molecule has 20 heavy (non-hydrogen) atoms. The summed E-state index contributed by atoms with van der Waals surface area (Å²) in [5, 5.41) is 17.6. The molecule has 6 nitrogen and oxygen atoms in total. The van der Waals surface area contributed by atoms with Crippen LogP contribution < -0.4 is 0 Å². The summed E-state index contributed by atoms with van der Waals surface area (Å²) < 4.78 is 5.36. The smallest absolute Gasteiger partial charge is 0.281 e. The summed E-state index contributed by atoms with van der Waals surface area (Å²) >= 11 is 0. The van der Waals surface area contributed by atoms with Gasteiger partial charge in [-0.2, -0.15) is 0 Å². The Morgan fingerprint density at radius 2 is 1.75 bits per heavy atom. The number of rotatable bonds is 5. The number of aliphatic hydroxyl groups is 2. The van der Waals surface area contributed by atoms with Crippen molar-refractivity contribution >= 4 is 20.4 Å². The molecule has 1 aliphatic rings. The van der Waals surface area contributed by atoms with Crippen molar-refractivity contribution < 1.29 is 46.4 Å². The molecule has 0 saturated carbocycles. The third-order valence-electron chi connectivity index (χ3n) is 2.07. The summed E-state index contributed by atoms with van der Waals surface area (Å²) in [7, 11) is 0. The molecule has 0 bridgehead atoms. The molecule has 7 radical (unpaired) electrons. The summed E-state index contributed by atoms with van der Waals surface area (Å²) in [4.78, 5) is 22.5. The number of ether oxygens (including phenoxy) is 1. The SMILES string of the molecule is CC(OCC(O)CO)C1=CC=CC1.[C]=O.[C]=O.[C]=O.[Mn]. The van der Waals surface area contributed by atoms with Gasteiger partial charge in [-0.25, -0.2) is 0 Å². The first-order valence-electron chi connectivity index (χ1n) is 5.11. The number of carbonyl (C=O) groups excluding carboxylic acids is 3. The van der Waals surface area contributed by atoms with Crippen molar-refractivity contribution in [3.05, 3.63) is 23.8 Å². The Kier molecular flexibility index (Phi) is 31.4. The summed E-state index contributed by atoms with van der Waals surface area (Å²) in [5.74, 6) is 0. The van der Waals surface area contributed by atoms with Crippen LogP contribution in [0.25, 0.3) is 0 Å². The average molecular weight is 323 g/mol. The number of allylic oxidation sites excluding steroid dienone is 3. The second kappa shape index (κ2) is 23.0. The topological polar surface area (TPSA) is 101 Å². The molecule has 1 aliphatic carbocycles. The Hall–Kier alpha value is -1.11. The fourth-order valence-electron chi connectivity index (χ4n) is 1.18. The second-order valence-corrected chi connectivity index (χ2v) is 3.19. The van der Waals surface area contributed by atoms with E-state index in [4.69, 9.17) is 29.3 Å². The van der Waals surface area contributed by atoms with E-state index in [-0.39, 0.29) is 36.4 Å². The van der Waals surface area contributed by atoms with Crippen LogP contribution in [0.5, 0.6) is 0 Å². The molecule has 2 N–H and O–H groups in total. The van der Waals surface area contributed by atoms with E-state index in [0.717, 1.165) is 6.42 Å². The van der Waals surface area contributed by atoms with Gasteiger partial charge in [-0.15, -0.1) is 0 Å². The van der Waals surface area contributed by atoms with Crippen molar-refractivity contribution in [3.63, 3.8) is 0 Å². The maximum Gasteiger partial charge on any atom is 0.281 e. The molecule has 0 amide bonds. The van der Waals surface area contributed by atoms with E-state index in [9.17, 15) is 0 Å². The zero-order valence-electron chi connectivity index (χ0n) is 10.9. The quantitative estimate of drug-likeness (QED) is 0.658. The monoisotopic (exact) mass is 323 g/mol. The predicted octanol–water partition coefficient (Wildman–Crippen LogP) is -0.563. The van der Waals surface area contributed by atoms with Crippen molar-refractivity contribution in [2.75, 3.05) is 13.2 Å². The second-order valence-electron chi connectivity index (χ2n) is 3.19. The van der Waals surface area contributed by atoms with Crippen LogP contribution in [0.2, 0.25) is 0 Å². The van der Waals surface area contributed by atoms with Gasteiger partial charge in [0.05, 0.1) is 19.3 Å². The predicted molar refractivity (Wildman–Crippen MR) is 67.4 cm³/mol. The van der Waals surface area contributed by atoms with Crippen molar-refractivity contribution in [1.82, 2.24) is 0 Å². The van der Waals surface area contributed by atoms with Crippen LogP contribution in [0.4, 0.5) is 0 Å². The molecule has 0 aliphatic heterocycles. The normalized spacial score (nSPS) is 13.7. The van der Waals surface area contributed by atoms with Gasteiger partial charge < -0.3 is 14.9 Å². The molecule has 2 unspecified atom stereocenters. The molecule has 0 fully saturated rings. The van der Waals surface area contributed by atoms with Crippen LogP contribution in [-0.4, -0.2) is 56.0 Å². The molecule has 111 valence electrons. The van der Waals surface area contributed by atoms with Crippen molar-refractivity contribution in [2.24, 2.45) is 0 Å². The molecule has 0 heterocycles. The van der Waals surface area contributed by atoms with Gasteiger partial charge in [0, 0.05) is 17.1 Å². The van der Waals surface area contributed by atoms with Crippen LogP contribution >= 0.6 is 0 Å². The Balaban J connectivity index is -0.000000162. The Bertz CT molecular complexity index is 252. The van der Waals surface area contributed by atoms with E-state index in [1.54, 1.807) is 0 Å². The van der Waals surface area contributed by atoms with Crippen LogP contribution in [-0.2, 0) is 36.2 Å². The van der Waals surface area contributed by atoms with E-state index in [1.807, 2.05) is 19.1 Å². The van der Waals surface area contributed by atoms with E-state index in [0.29, 0.717) is 0 Å². The molecule has 0 aromatic heterocycles. The molecular weight excluding hydrogens is 307 g/mol. The average Bonchev–Trinajstić information content (AvgIpc) is 3.05. The van der Waals surface area contributed by atoms with Gasteiger partial charge in [-0.05, 0) is 18.9 Å². The van der Waals surface area contributed by atoms with Gasteiger partial charge in [0.2, 0.25) is 0 Å². The molecule has 0 aromatic rings. The number of aliphatic hydroxyl groups excluding tert-OH is 2. The standard InChI is InChI=1S/C10H16O3.3CO.Mn/c1-8(9-4-2-3-5-9)13-7-10(12)6-11;3*1-2;/h2-4,8,10-12H,5-7H2,1H3;;;;. The minimum absolute atomic E-state index is 0. The molecule has 0 spiro atoms. The maximum absolute atomic E-state index is 9.04. The summed E-state index contributed by atoms with van der Waals surface area (Å²) in [5.41, 5.74) is 1.21. The molecule has 1 rings (SSSR count). The van der Waals surface area contributed by atoms with Crippen molar-refractivity contribution in [3.8, 4) is 0 Å². The molecule has 0 aromatic carbocycles. The number of hydrogen-bond acceptors (Lipinski definition) is 6. The fourth-order valence-corrected chi connectivity index (χ4v) is 1.18. The first-order chi connectivity index (χ1) is 9.24. The van der Waals surface area contributed by atoms with E-state index in [1.165, 1.54) is 5.57 Å². The van der Waals surface area contributed by atoms with Crippen LogP contribution in [0.15, 0.2) is 23.8 Å². The molecular formula is C13H16MnO6. The van der Waals surface area contributed by atoms with Gasteiger partial charge in [0.25, 0.3) is 20.4 Å². The Labute approximate surface area is 130 Å². The molecule has 2 atom stereocenters. The number of hydrogen-bond donors (Lipinski definition) is 2. The van der Waals surface area contributed by atoms with Gasteiger partial charge in [-0.3, -0.25) is 14.4 Å². The van der Waals surface area contributed by atoms with Gasteiger partial charge in [0.15, 0.2) is 0 Å². The van der Waals surface area contributed by atoms with E-state index in [2.05, 4.69) is 26.4 Å². The summed E-state index contributed by atoms with van der Waals surface area (Å²) in [6.07, 6.45) is 6.27. The van der Waals surface area contributed by atoms with Crippen molar-refractivity contribution in [1.29, 1.82) is 0 Å². The third-order valence-corrected chi connectivity index (χ3v) is 2.07. The van der Waals surface area contributed by atoms with E-state index < -0.39 is 6.10 Å². The maximum atomic E-state index is 9.04. The third kappa shape index (κ3) is 14.9. The first kappa shape index (κ1) is 27.3. The van der Waals surface area contributed by atoms with Gasteiger partial charge >= 0.3 is 0 Å². The zero-order chi connectivity index (χ0) is 15.7. The Morgan fingerprint density at radius 1 is 1.25 bits per heavy atom. The van der Waals surface area contributed by atoms with Crippen molar-refractivity contribution in [2.45, 2.75) is 25.6 Å². The zero-order valence-corrected chi connectivity index (χ0v) is 12.1. The van der Waals surface area contributed by atoms with Crippen LogP contribution in [0, 0.1) is 0 Å². The van der Waals surface area contributed by atoms with E-state index >= 15 is 0 Å². The molecule has 0 saturated heterocycles. The van der Waals surface area contributed by atoms with Gasteiger partial charge in [-0.1, -0.05) is 18.2 Å². The minimum Gasteiger partial charge on any atom is -0.394 e. The summed E-state index contributed by atoms with van der Waals surface area (Å²) in [6.45, 7) is 15.4. The summed E-state index contributed by atoms with van der Waals surface area (Å²) in [6, 6.07) is 0. The van der Waals surface area contributed by atoms with Gasteiger partial charge in [0.1, 0.15) is 6.10 Å². The van der Waals surface area contributed by atoms with Crippen LogP contribution in [0.1, 0.15) is 13.3 Å². The molecule has 7 heteroatoms.